The molecule has 1 aromatic heterocycles. The molecule has 6 nitrogen and oxygen atoms in total. The SMILES string of the molecule is COc1cccc(CC(=O)NCCc2nn(C)c3c2COCC3)c1. The van der Waals surface area contributed by atoms with Crippen molar-refractivity contribution >= 4 is 5.91 Å². The maximum atomic E-state index is 12.1. The fourth-order valence-electron chi connectivity index (χ4n) is 3.04. The van der Waals surface area contributed by atoms with Gasteiger partial charge in [-0.15, -0.1) is 0 Å². The largest absolute Gasteiger partial charge is 0.497 e. The zero-order valence-corrected chi connectivity index (χ0v) is 14.2. The summed E-state index contributed by atoms with van der Waals surface area (Å²) < 4.78 is 12.6. The number of rotatable bonds is 6. The Balaban J connectivity index is 1.52. The number of nitrogens with one attached hydrogen (secondary N) is 1. The molecule has 0 saturated heterocycles. The van der Waals surface area contributed by atoms with Crippen LogP contribution in [0.1, 0.15) is 22.5 Å². The molecular weight excluding hydrogens is 306 g/mol. The quantitative estimate of drug-likeness (QED) is 0.870. The molecule has 1 N–H and O–H groups in total. The molecule has 0 fully saturated rings. The fraction of sp³-hybridized carbons (Fsp3) is 0.444. The number of carbonyl (C=O) groups excluding carboxylic acids is 1. The monoisotopic (exact) mass is 329 g/mol. The van der Waals surface area contributed by atoms with Gasteiger partial charge in [-0.05, 0) is 17.7 Å². The summed E-state index contributed by atoms with van der Waals surface area (Å²) in [6.45, 7) is 1.95. The van der Waals surface area contributed by atoms with Gasteiger partial charge in [0.25, 0.3) is 0 Å². The summed E-state index contributed by atoms with van der Waals surface area (Å²) in [7, 11) is 3.59. The van der Waals surface area contributed by atoms with Crippen LogP contribution in [0.4, 0.5) is 0 Å². The Morgan fingerprint density at radius 3 is 3.17 bits per heavy atom. The molecule has 0 saturated carbocycles. The number of carbonyl (C=O) groups is 1. The molecule has 1 aromatic carbocycles. The van der Waals surface area contributed by atoms with Crippen molar-refractivity contribution < 1.29 is 14.3 Å². The highest BCUT2D eigenvalue weighted by molar-refractivity contribution is 5.78. The molecule has 0 radical (unpaired) electrons. The van der Waals surface area contributed by atoms with Gasteiger partial charge in [-0.25, -0.2) is 0 Å². The molecule has 0 bridgehead atoms. The molecule has 2 heterocycles. The van der Waals surface area contributed by atoms with Crippen molar-refractivity contribution in [1.29, 1.82) is 0 Å². The number of hydrogen-bond acceptors (Lipinski definition) is 4. The van der Waals surface area contributed by atoms with E-state index in [-0.39, 0.29) is 5.91 Å². The van der Waals surface area contributed by atoms with E-state index < -0.39 is 0 Å². The van der Waals surface area contributed by atoms with E-state index in [1.165, 1.54) is 11.3 Å². The Morgan fingerprint density at radius 2 is 2.33 bits per heavy atom. The first kappa shape index (κ1) is 16.5. The number of hydrogen-bond donors (Lipinski definition) is 1. The van der Waals surface area contributed by atoms with E-state index in [1.54, 1.807) is 7.11 Å². The molecule has 2 aromatic rings. The molecule has 0 aliphatic carbocycles. The normalized spacial score (nSPS) is 13.4. The molecule has 128 valence electrons. The van der Waals surface area contributed by atoms with E-state index in [0.717, 1.165) is 36.5 Å². The van der Waals surface area contributed by atoms with Crippen LogP contribution in [0.2, 0.25) is 0 Å². The van der Waals surface area contributed by atoms with Gasteiger partial charge in [0, 0.05) is 37.7 Å². The number of fused-ring (bicyclic) bond motifs is 1. The summed E-state index contributed by atoms with van der Waals surface area (Å²) in [6, 6.07) is 7.57. The second-order valence-electron chi connectivity index (χ2n) is 5.93. The van der Waals surface area contributed by atoms with E-state index in [0.29, 0.717) is 19.6 Å². The first-order valence-corrected chi connectivity index (χ1v) is 8.18. The van der Waals surface area contributed by atoms with Crippen LogP contribution >= 0.6 is 0 Å². The maximum absolute atomic E-state index is 12.1. The molecule has 24 heavy (non-hydrogen) atoms. The Labute approximate surface area is 141 Å². The van der Waals surface area contributed by atoms with Gasteiger partial charge >= 0.3 is 0 Å². The lowest BCUT2D eigenvalue weighted by Crippen LogP contribution is -2.27. The van der Waals surface area contributed by atoms with E-state index in [2.05, 4.69) is 10.4 Å². The predicted octanol–water partition coefficient (Wildman–Crippen LogP) is 1.40. The Morgan fingerprint density at radius 1 is 1.46 bits per heavy atom. The van der Waals surface area contributed by atoms with E-state index >= 15 is 0 Å². The first-order chi connectivity index (χ1) is 11.7. The third-order valence-corrected chi connectivity index (χ3v) is 4.27. The van der Waals surface area contributed by atoms with Crippen LogP contribution in [0, 0.1) is 0 Å². The molecule has 0 spiro atoms. The number of nitrogens with zero attached hydrogens (tertiary/aromatic N) is 2. The van der Waals surface area contributed by atoms with Crippen LogP contribution < -0.4 is 10.1 Å². The highest BCUT2D eigenvalue weighted by atomic mass is 16.5. The molecule has 1 amide bonds. The summed E-state index contributed by atoms with van der Waals surface area (Å²) in [5.41, 5.74) is 4.40. The lowest BCUT2D eigenvalue weighted by Gasteiger charge is -2.13. The van der Waals surface area contributed by atoms with E-state index in [4.69, 9.17) is 9.47 Å². The van der Waals surface area contributed by atoms with Gasteiger partial charge < -0.3 is 14.8 Å². The molecule has 6 heteroatoms. The third-order valence-electron chi connectivity index (χ3n) is 4.27. The topological polar surface area (TPSA) is 65.4 Å². The van der Waals surface area contributed by atoms with Crippen LogP contribution in [0.5, 0.6) is 5.75 Å². The average Bonchev–Trinajstić information content (AvgIpc) is 2.92. The summed E-state index contributed by atoms with van der Waals surface area (Å²) in [5.74, 6) is 0.768. The zero-order valence-electron chi connectivity index (χ0n) is 14.2. The van der Waals surface area contributed by atoms with Gasteiger partial charge in [0.05, 0.1) is 32.4 Å². The minimum absolute atomic E-state index is 0.00398. The zero-order chi connectivity index (χ0) is 16.9. The lowest BCUT2D eigenvalue weighted by atomic mass is 10.1. The standard InChI is InChI=1S/C18H23N3O3/c1-21-17-7-9-24-12-15(17)16(20-21)6-8-19-18(22)11-13-4-3-5-14(10-13)23-2/h3-5,10H,6-9,11-12H2,1-2H3,(H,19,22). The first-order valence-electron chi connectivity index (χ1n) is 8.18. The van der Waals surface area contributed by atoms with Crippen molar-refractivity contribution in [1.82, 2.24) is 15.1 Å². The molecule has 1 aliphatic rings. The average molecular weight is 329 g/mol. The van der Waals surface area contributed by atoms with Crippen molar-refractivity contribution in [2.45, 2.75) is 25.9 Å². The van der Waals surface area contributed by atoms with Gasteiger partial charge in [-0.1, -0.05) is 12.1 Å². The Hall–Kier alpha value is -2.34. The minimum atomic E-state index is 0.00398. The maximum Gasteiger partial charge on any atom is 0.224 e. The van der Waals surface area contributed by atoms with E-state index in [1.807, 2.05) is 36.0 Å². The van der Waals surface area contributed by atoms with Crippen molar-refractivity contribution in [2.75, 3.05) is 20.3 Å². The highest BCUT2D eigenvalue weighted by Crippen LogP contribution is 2.20. The van der Waals surface area contributed by atoms with Crippen LogP contribution in [0.3, 0.4) is 0 Å². The van der Waals surface area contributed by atoms with Crippen LogP contribution in [0.25, 0.3) is 0 Å². The minimum Gasteiger partial charge on any atom is -0.497 e. The summed E-state index contributed by atoms with van der Waals surface area (Å²) >= 11 is 0. The number of methoxy groups -OCH3 is 1. The number of aryl methyl sites for hydroxylation is 1. The Bertz CT molecular complexity index is 724. The number of amides is 1. The summed E-state index contributed by atoms with van der Waals surface area (Å²) in [4.78, 5) is 12.1. The number of aromatic nitrogens is 2. The van der Waals surface area contributed by atoms with Gasteiger partial charge in [-0.2, -0.15) is 5.10 Å². The molecule has 1 aliphatic heterocycles. The molecule has 0 unspecified atom stereocenters. The van der Waals surface area contributed by atoms with Gasteiger partial charge in [-0.3, -0.25) is 9.48 Å². The van der Waals surface area contributed by atoms with Gasteiger partial charge in [0.1, 0.15) is 5.75 Å². The molecule has 3 rings (SSSR count). The second-order valence-corrected chi connectivity index (χ2v) is 5.93. The Kier molecular flexibility index (Phi) is 5.15. The van der Waals surface area contributed by atoms with E-state index in [9.17, 15) is 4.79 Å². The molecular formula is C18H23N3O3. The van der Waals surface area contributed by atoms with Gasteiger partial charge in [0.2, 0.25) is 5.91 Å². The third kappa shape index (κ3) is 3.76. The van der Waals surface area contributed by atoms with Crippen molar-refractivity contribution in [3.05, 3.63) is 46.8 Å². The number of ether oxygens (including phenoxy) is 2. The molecule has 0 atom stereocenters. The fourth-order valence-corrected chi connectivity index (χ4v) is 3.04. The predicted molar refractivity (Wildman–Crippen MR) is 90.0 cm³/mol. The van der Waals surface area contributed by atoms with Crippen molar-refractivity contribution in [3.8, 4) is 5.75 Å². The summed E-state index contributed by atoms with van der Waals surface area (Å²) in [5, 5.41) is 7.53. The van der Waals surface area contributed by atoms with Crippen LogP contribution in [-0.2, 0) is 42.4 Å². The van der Waals surface area contributed by atoms with Crippen molar-refractivity contribution in [2.24, 2.45) is 7.05 Å². The highest BCUT2D eigenvalue weighted by Gasteiger charge is 2.19. The summed E-state index contributed by atoms with van der Waals surface area (Å²) in [6.07, 6.45) is 1.97. The van der Waals surface area contributed by atoms with Crippen molar-refractivity contribution in [3.63, 3.8) is 0 Å². The number of benzene rings is 1. The second kappa shape index (κ2) is 7.49. The smallest absolute Gasteiger partial charge is 0.224 e. The van der Waals surface area contributed by atoms with Gasteiger partial charge in [0.15, 0.2) is 0 Å². The van der Waals surface area contributed by atoms with Crippen LogP contribution in [0.15, 0.2) is 24.3 Å². The lowest BCUT2D eigenvalue weighted by molar-refractivity contribution is -0.120. The van der Waals surface area contributed by atoms with Crippen LogP contribution in [-0.4, -0.2) is 35.9 Å².